The van der Waals surface area contributed by atoms with Crippen LogP contribution in [-0.4, -0.2) is 18.1 Å². The highest BCUT2D eigenvalue weighted by Gasteiger charge is 2.38. The van der Waals surface area contributed by atoms with Crippen LogP contribution in [0.5, 0.6) is 0 Å². The molecule has 0 spiro atoms. The van der Waals surface area contributed by atoms with Crippen LogP contribution in [0.3, 0.4) is 0 Å². The maximum absolute atomic E-state index is 12.5. The summed E-state index contributed by atoms with van der Waals surface area (Å²) in [6, 6.07) is 10.2. The van der Waals surface area contributed by atoms with Crippen LogP contribution in [0.25, 0.3) is 0 Å². The monoisotopic (exact) mass is 291 g/mol. The van der Waals surface area contributed by atoms with Crippen molar-refractivity contribution in [1.29, 1.82) is 0 Å². The SMILES string of the molecule is CCOC(=O)C(CC)(CC(C)CC)NCc1ccccc1. The minimum absolute atomic E-state index is 0.122. The standard InChI is InChI=1S/C18H29NO2/c1-5-15(4)13-18(6-2,17(20)21-7-3)19-14-16-11-9-8-10-12-16/h8-12,15,19H,5-7,13-14H2,1-4H3. The maximum Gasteiger partial charge on any atom is 0.326 e. The largest absolute Gasteiger partial charge is 0.465 e. The van der Waals surface area contributed by atoms with Crippen molar-refractivity contribution in [2.24, 2.45) is 5.92 Å². The van der Waals surface area contributed by atoms with Gasteiger partial charge in [-0.25, -0.2) is 0 Å². The summed E-state index contributed by atoms with van der Waals surface area (Å²) in [4.78, 5) is 12.5. The molecule has 0 aliphatic heterocycles. The zero-order chi connectivity index (χ0) is 15.7. The van der Waals surface area contributed by atoms with E-state index in [2.05, 4.69) is 38.2 Å². The number of nitrogens with one attached hydrogen (secondary N) is 1. The zero-order valence-corrected chi connectivity index (χ0v) is 13.8. The molecule has 0 aromatic heterocycles. The molecular formula is C18H29NO2. The highest BCUT2D eigenvalue weighted by Crippen LogP contribution is 2.25. The van der Waals surface area contributed by atoms with Gasteiger partial charge in [-0.05, 0) is 31.2 Å². The van der Waals surface area contributed by atoms with Crippen molar-refractivity contribution >= 4 is 5.97 Å². The lowest BCUT2D eigenvalue weighted by Crippen LogP contribution is -2.53. The molecule has 0 bridgehead atoms. The molecule has 1 aromatic carbocycles. The molecule has 118 valence electrons. The van der Waals surface area contributed by atoms with Gasteiger partial charge in [0.05, 0.1) is 6.61 Å². The van der Waals surface area contributed by atoms with Crippen molar-refractivity contribution in [1.82, 2.24) is 5.32 Å². The molecular weight excluding hydrogens is 262 g/mol. The van der Waals surface area contributed by atoms with Gasteiger partial charge in [0.15, 0.2) is 0 Å². The first-order valence-corrected chi connectivity index (χ1v) is 8.04. The van der Waals surface area contributed by atoms with E-state index in [1.165, 1.54) is 5.56 Å². The van der Waals surface area contributed by atoms with E-state index in [4.69, 9.17) is 4.74 Å². The number of benzene rings is 1. The summed E-state index contributed by atoms with van der Waals surface area (Å²) in [6.45, 7) is 9.37. The first-order valence-electron chi connectivity index (χ1n) is 8.04. The van der Waals surface area contributed by atoms with Crippen molar-refractivity contribution < 1.29 is 9.53 Å². The number of esters is 1. The predicted molar refractivity (Wildman–Crippen MR) is 87.0 cm³/mol. The second-order valence-electron chi connectivity index (χ2n) is 5.71. The zero-order valence-electron chi connectivity index (χ0n) is 13.8. The Labute approximate surface area is 129 Å². The fourth-order valence-corrected chi connectivity index (χ4v) is 2.52. The van der Waals surface area contributed by atoms with Gasteiger partial charge < -0.3 is 4.74 Å². The van der Waals surface area contributed by atoms with Crippen LogP contribution < -0.4 is 5.32 Å². The van der Waals surface area contributed by atoms with Crippen molar-refractivity contribution in [3.05, 3.63) is 35.9 Å². The molecule has 21 heavy (non-hydrogen) atoms. The van der Waals surface area contributed by atoms with Crippen molar-refractivity contribution in [2.75, 3.05) is 6.61 Å². The summed E-state index contributed by atoms with van der Waals surface area (Å²) >= 11 is 0. The second kappa shape index (κ2) is 8.83. The quantitative estimate of drug-likeness (QED) is 0.701. The fraction of sp³-hybridized carbons (Fsp3) is 0.611. The Bertz CT molecular complexity index is 418. The molecule has 0 heterocycles. The Morgan fingerprint density at radius 2 is 1.90 bits per heavy atom. The smallest absolute Gasteiger partial charge is 0.326 e. The summed E-state index contributed by atoms with van der Waals surface area (Å²) in [5.74, 6) is 0.362. The van der Waals surface area contributed by atoms with E-state index in [1.54, 1.807) is 0 Å². The molecule has 2 atom stereocenters. The van der Waals surface area contributed by atoms with Crippen LogP contribution in [0.2, 0.25) is 0 Å². The van der Waals surface area contributed by atoms with E-state index in [0.29, 0.717) is 19.1 Å². The summed E-state index contributed by atoms with van der Waals surface area (Å²) < 4.78 is 5.33. The Balaban J connectivity index is 2.85. The van der Waals surface area contributed by atoms with E-state index in [-0.39, 0.29) is 5.97 Å². The lowest BCUT2D eigenvalue weighted by atomic mass is 9.84. The van der Waals surface area contributed by atoms with Crippen LogP contribution >= 0.6 is 0 Å². The molecule has 1 N–H and O–H groups in total. The second-order valence-corrected chi connectivity index (χ2v) is 5.71. The van der Waals surface area contributed by atoms with Crippen molar-refractivity contribution in [3.63, 3.8) is 0 Å². The first kappa shape index (κ1) is 17.7. The number of hydrogen-bond donors (Lipinski definition) is 1. The van der Waals surface area contributed by atoms with Crippen LogP contribution in [0, 0.1) is 5.92 Å². The molecule has 0 radical (unpaired) electrons. The summed E-state index contributed by atoms with van der Waals surface area (Å²) in [6.07, 6.45) is 2.61. The van der Waals surface area contributed by atoms with Crippen molar-refractivity contribution in [2.45, 2.75) is 59.0 Å². The molecule has 0 aliphatic rings. The third-order valence-electron chi connectivity index (χ3n) is 4.14. The van der Waals surface area contributed by atoms with Gasteiger partial charge in [-0.3, -0.25) is 10.1 Å². The Morgan fingerprint density at radius 1 is 1.24 bits per heavy atom. The summed E-state index contributed by atoms with van der Waals surface area (Å²) in [5, 5.41) is 3.47. The molecule has 0 aliphatic carbocycles. The van der Waals surface area contributed by atoms with Crippen LogP contribution in [0.1, 0.15) is 52.5 Å². The van der Waals surface area contributed by atoms with E-state index in [9.17, 15) is 4.79 Å². The average molecular weight is 291 g/mol. The first-order chi connectivity index (χ1) is 10.1. The minimum Gasteiger partial charge on any atom is -0.465 e. The average Bonchev–Trinajstić information content (AvgIpc) is 2.52. The van der Waals surface area contributed by atoms with E-state index >= 15 is 0 Å². The Hall–Kier alpha value is -1.35. The van der Waals surface area contributed by atoms with Gasteiger partial charge in [-0.1, -0.05) is 57.5 Å². The fourth-order valence-electron chi connectivity index (χ4n) is 2.52. The number of carbonyl (C=O) groups excluding carboxylic acids is 1. The molecule has 1 rings (SSSR count). The third kappa shape index (κ3) is 5.16. The van der Waals surface area contributed by atoms with Gasteiger partial charge in [0.25, 0.3) is 0 Å². The summed E-state index contributed by atoms with van der Waals surface area (Å²) in [7, 11) is 0. The number of ether oxygens (including phenoxy) is 1. The number of rotatable bonds is 9. The lowest BCUT2D eigenvalue weighted by molar-refractivity contribution is -0.152. The highest BCUT2D eigenvalue weighted by atomic mass is 16.5. The molecule has 0 saturated carbocycles. The predicted octanol–water partition coefficient (Wildman–Crippen LogP) is 3.92. The number of hydrogen-bond acceptors (Lipinski definition) is 3. The van der Waals surface area contributed by atoms with Gasteiger partial charge in [-0.15, -0.1) is 0 Å². The minimum atomic E-state index is -0.582. The maximum atomic E-state index is 12.5. The molecule has 0 amide bonds. The molecule has 1 aromatic rings. The number of carbonyl (C=O) groups is 1. The van der Waals surface area contributed by atoms with Gasteiger partial charge in [0.2, 0.25) is 0 Å². The van der Waals surface area contributed by atoms with Gasteiger partial charge in [0, 0.05) is 6.54 Å². The molecule has 3 heteroatoms. The van der Waals surface area contributed by atoms with E-state index < -0.39 is 5.54 Å². The molecule has 2 unspecified atom stereocenters. The highest BCUT2D eigenvalue weighted by molar-refractivity contribution is 5.80. The van der Waals surface area contributed by atoms with Gasteiger partial charge in [-0.2, -0.15) is 0 Å². The van der Waals surface area contributed by atoms with Gasteiger partial charge in [0.1, 0.15) is 5.54 Å². The summed E-state index contributed by atoms with van der Waals surface area (Å²) in [5.41, 5.74) is 0.602. The Morgan fingerprint density at radius 3 is 2.43 bits per heavy atom. The van der Waals surface area contributed by atoms with Crippen LogP contribution in [0.4, 0.5) is 0 Å². The molecule has 3 nitrogen and oxygen atoms in total. The third-order valence-corrected chi connectivity index (χ3v) is 4.14. The van der Waals surface area contributed by atoms with E-state index in [1.807, 2.05) is 25.1 Å². The van der Waals surface area contributed by atoms with Crippen LogP contribution in [0.15, 0.2) is 30.3 Å². The molecule has 0 fully saturated rings. The lowest BCUT2D eigenvalue weighted by Gasteiger charge is -2.34. The Kier molecular flexibility index (Phi) is 7.44. The van der Waals surface area contributed by atoms with Crippen molar-refractivity contribution in [3.8, 4) is 0 Å². The normalized spacial score (nSPS) is 15.2. The topological polar surface area (TPSA) is 38.3 Å². The van der Waals surface area contributed by atoms with Crippen LogP contribution in [-0.2, 0) is 16.1 Å². The van der Waals surface area contributed by atoms with Gasteiger partial charge >= 0.3 is 5.97 Å². The molecule has 0 saturated heterocycles. The van der Waals surface area contributed by atoms with E-state index in [0.717, 1.165) is 19.3 Å².